The maximum absolute atomic E-state index is 6.19. The van der Waals surface area contributed by atoms with Gasteiger partial charge in [0.1, 0.15) is 0 Å². The molecule has 0 spiro atoms. The minimum atomic E-state index is 0.771. The van der Waals surface area contributed by atoms with Crippen LogP contribution >= 0.6 is 27.5 Å². The van der Waals surface area contributed by atoms with Crippen molar-refractivity contribution < 1.29 is 0 Å². The molecule has 0 aliphatic rings. The van der Waals surface area contributed by atoms with Crippen LogP contribution in [0.1, 0.15) is 13.8 Å². The lowest BCUT2D eigenvalue weighted by atomic mass is 10.2. The van der Waals surface area contributed by atoms with Crippen molar-refractivity contribution in [3.63, 3.8) is 0 Å². The Morgan fingerprint density at radius 3 is 2.67 bits per heavy atom. The molecule has 0 amide bonds. The minimum absolute atomic E-state index is 0.771. The maximum atomic E-state index is 6.19. The second kappa shape index (κ2) is 5.57. The van der Waals surface area contributed by atoms with E-state index in [2.05, 4.69) is 34.3 Å². The molecule has 0 bridgehead atoms. The third-order valence-corrected chi connectivity index (χ3v) is 2.89. The molecular formula is C12H15BrClN. The van der Waals surface area contributed by atoms with Crippen molar-refractivity contribution in [1.29, 1.82) is 0 Å². The monoisotopic (exact) mass is 287 g/mol. The molecule has 1 nitrogen and oxygen atoms in total. The van der Waals surface area contributed by atoms with Gasteiger partial charge in [-0.1, -0.05) is 39.7 Å². The average molecular weight is 289 g/mol. The predicted molar refractivity (Wildman–Crippen MR) is 71.9 cm³/mol. The van der Waals surface area contributed by atoms with Crippen molar-refractivity contribution in [2.75, 3.05) is 18.0 Å². The lowest BCUT2D eigenvalue weighted by Gasteiger charge is -2.24. The molecule has 0 fully saturated rings. The van der Waals surface area contributed by atoms with Gasteiger partial charge < -0.3 is 4.90 Å². The van der Waals surface area contributed by atoms with E-state index >= 15 is 0 Å². The van der Waals surface area contributed by atoms with Gasteiger partial charge in [-0.2, -0.15) is 0 Å². The number of nitrogens with zero attached hydrogens (tertiary/aromatic N) is 1. The zero-order valence-electron chi connectivity index (χ0n) is 9.06. The summed E-state index contributed by atoms with van der Waals surface area (Å²) in [7, 11) is 0. The highest BCUT2D eigenvalue weighted by molar-refractivity contribution is 9.10. The SMILES string of the molecule is C=C(C)CN(CC)c1ccc(Br)cc1Cl. The first-order chi connectivity index (χ1) is 7.04. The van der Waals surface area contributed by atoms with E-state index in [0.717, 1.165) is 33.8 Å². The van der Waals surface area contributed by atoms with Crippen LogP contribution < -0.4 is 4.90 Å². The van der Waals surface area contributed by atoms with Crippen molar-refractivity contribution in [2.45, 2.75) is 13.8 Å². The Bertz CT molecular complexity index is 363. The molecule has 1 rings (SSSR count). The standard InChI is InChI=1S/C12H15BrClN/c1-4-15(8-9(2)3)12-6-5-10(13)7-11(12)14/h5-7H,2,4,8H2,1,3H3. The van der Waals surface area contributed by atoms with Crippen LogP contribution in [0.15, 0.2) is 34.8 Å². The molecule has 1 aromatic carbocycles. The summed E-state index contributed by atoms with van der Waals surface area (Å²) in [5, 5.41) is 0.771. The first-order valence-electron chi connectivity index (χ1n) is 4.89. The Morgan fingerprint density at radius 2 is 2.20 bits per heavy atom. The van der Waals surface area contributed by atoms with Crippen LogP contribution in [0.2, 0.25) is 5.02 Å². The van der Waals surface area contributed by atoms with Crippen LogP contribution in [0.4, 0.5) is 5.69 Å². The van der Waals surface area contributed by atoms with Gasteiger partial charge in [0.15, 0.2) is 0 Å². The average Bonchev–Trinajstić information content (AvgIpc) is 2.14. The predicted octanol–water partition coefficient (Wildman–Crippen LogP) is 4.50. The molecule has 0 heterocycles. The lowest BCUT2D eigenvalue weighted by Crippen LogP contribution is -2.24. The number of anilines is 1. The Labute approximate surface area is 105 Å². The quantitative estimate of drug-likeness (QED) is 0.737. The zero-order valence-corrected chi connectivity index (χ0v) is 11.4. The van der Waals surface area contributed by atoms with Gasteiger partial charge in [0.05, 0.1) is 10.7 Å². The van der Waals surface area contributed by atoms with E-state index in [0.29, 0.717) is 0 Å². The second-order valence-electron chi connectivity index (χ2n) is 3.57. The summed E-state index contributed by atoms with van der Waals surface area (Å²) >= 11 is 9.58. The summed E-state index contributed by atoms with van der Waals surface area (Å²) < 4.78 is 1.00. The van der Waals surface area contributed by atoms with Crippen LogP contribution in [-0.2, 0) is 0 Å². The lowest BCUT2D eigenvalue weighted by molar-refractivity contribution is 0.880. The third kappa shape index (κ3) is 3.54. The highest BCUT2D eigenvalue weighted by atomic mass is 79.9. The van der Waals surface area contributed by atoms with E-state index in [1.54, 1.807) is 0 Å². The molecule has 0 saturated carbocycles. The molecule has 1 aromatic rings. The van der Waals surface area contributed by atoms with Crippen molar-refractivity contribution >= 4 is 33.2 Å². The molecule has 0 aliphatic carbocycles. The number of rotatable bonds is 4. The second-order valence-corrected chi connectivity index (χ2v) is 4.89. The topological polar surface area (TPSA) is 3.24 Å². The van der Waals surface area contributed by atoms with Gasteiger partial charge in [-0.15, -0.1) is 0 Å². The molecule has 0 unspecified atom stereocenters. The Kier molecular flexibility index (Phi) is 4.68. The fourth-order valence-electron chi connectivity index (χ4n) is 1.43. The third-order valence-electron chi connectivity index (χ3n) is 2.09. The number of hydrogen-bond donors (Lipinski definition) is 0. The molecule has 0 aromatic heterocycles. The summed E-state index contributed by atoms with van der Waals surface area (Å²) in [6.45, 7) is 9.83. The van der Waals surface area contributed by atoms with Gasteiger partial charge in [0, 0.05) is 17.6 Å². The smallest absolute Gasteiger partial charge is 0.0650 e. The van der Waals surface area contributed by atoms with Crippen LogP contribution in [0.3, 0.4) is 0 Å². The molecule has 0 radical (unpaired) electrons. The van der Waals surface area contributed by atoms with E-state index in [1.807, 2.05) is 25.1 Å². The minimum Gasteiger partial charge on any atom is -0.367 e. The van der Waals surface area contributed by atoms with E-state index in [1.165, 1.54) is 0 Å². The van der Waals surface area contributed by atoms with Crippen molar-refractivity contribution in [2.24, 2.45) is 0 Å². The van der Waals surface area contributed by atoms with Crippen LogP contribution in [0.5, 0.6) is 0 Å². The van der Waals surface area contributed by atoms with E-state index in [4.69, 9.17) is 11.6 Å². The van der Waals surface area contributed by atoms with Gasteiger partial charge in [0.25, 0.3) is 0 Å². The molecule has 82 valence electrons. The summed E-state index contributed by atoms with van der Waals surface area (Å²) in [6.07, 6.45) is 0. The number of halogens is 2. The number of likely N-dealkylation sites (N-methyl/N-ethyl adjacent to an activating group) is 1. The summed E-state index contributed by atoms with van der Waals surface area (Å²) in [5.41, 5.74) is 2.20. The molecule has 0 N–H and O–H groups in total. The molecule has 0 saturated heterocycles. The summed E-state index contributed by atoms with van der Waals surface area (Å²) in [4.78, 5) is 2.21. The fourth-order valence-corrected chi connectivity index (χ4v) is 2.22. The zero-order chi connectivity index (χ0) is 11.4. The van der Waals surface area contributed by atoms with Crippen LogP contribution in [0, 0.1) is 0 Å². The normalized spacial score (nSPS) is 10.1. The van der Waals surface area contributed by atoms with E-state index in [9.17, 15) is 0 Å². The largest absolute Gasteiger partial charge is 0.367 e. The molecule has 0 aliphatic heterocycles. The molecular weight excluding hydrogens is 273 g/mol. The highest BCUT2D eigenvalue weighted by Crippen LogP contribution is 2.29. The highest BCUT2D eigenvalue weighted by Gasteiger charge is 2.08. The number of benzene rings is 1. The Balaban J connectivity index is 2.96. The van der Waals surface area contributed by atoms with Crippen molar-refractivity contribution in [3.05, 3.63) is 39.8 Å². The number of hydrogen-bond acceptors (Lipinski definition) is 1. The van der Waals surface area contributed by atoms with Gasteiger partial charge in [-0.3, -0.25) is 0 Å². The van der Waals surface area contributed by atoms with E-state index < -0.39 is 0 Å². The summed E-state index contributed by atoms with van der Waals surface area (Å²) in [5.74, 6) is 0. The van der Waals surface area contributed by atoms with Gasteiger partial charge in [-0.05, 0) is 32.0 Å². The van der Waals surface area contributed by atoms with Gasteiger partial charge >= 0.3 is 0 Å². The van der Waals surface area contributed by atoms with Crippen LogP contribution in [0.25, 0.3) is 0 Å². The Hall–Kier alpha value is -0.470. The molecule has 0 atom stereocenters. The first kappa shape index (κ1) is 12.6. The fraction of sp³-hybridized carbons (Fsp3) is 0.333. The van der Waals surface area contributed by atoms with Crippen molar-refractivity contribution in [3.8, 4) is 0 Å². The molecule has 3 heteroatoms. The van der Waals surface area contributed by atoms with Crippen molar-refractivity contribution in [1.82, 2.24) is 0 Å². The molecule has 15 heavy (non-hydrogen) atoms. The van der Waals surface area contributed by atoms with E-state index in [-0.39, 0.29) is 0 Å². The van der Waals surface area contributed by atoms with Gasteiger partial charge in [-0.25, -0.2) is 0 Å². The first-order valence-corrected chi connectivity index (χ1v) is 6.06. The Morgan fingerprint density at radius 1 is 1.53 bits per heavy atom. The summed E-state index contributed by atoms with van der Waals surface area (Å²) in [6, 6.07) is 5.94. The maximum Gasteiger partial charge on any atom is 0.0650 e. The van der Waals surface area contributed by atoms with Gasteiger partial charge in [0.2, 0.25) is 0 Å². The van der Waals surface area contributed by atoms with Crippen LogP contribution in [-0.4, -0.2) is 13.1 Å².